The third-order valence-electron chi connectivity index (χ3n) is 7.46. The molecule has 0 spiro atoms. The minimum absolute atomic E-state index is 0.0821. The Morgan fingerprint density at radius 3 is 2.53 bits per heavy atom. The minimum Gasteiger partial charge on any atom is -0.384 e. The fourth-order valence-electron chi connectivity index (χ4n) is 5.43. The van der Waals surface area contributed by atoms with Crippen molar-refractivity contribution in [2.75, 3.05) is 17.7 Å². The molecule has 2 heterocycles. The van der Waals surface area contributed by atoms with Crippen LogP contribution >= 0.6 is 0 Å². The Morgan fingerprint density at radius 1 is 1.18 bits per heavy atom. The van der Waals surface area contributed by atoms with Crippen molar-refractivity contribution in [3.05, 3.63) is 53.7 Å². The number of imide groups is 1. The van der Waals surface area contributed by atoms with Gasteiger partial charge in [-0.2, -0.15) is 13.2 Å². The maximum Gasteiger partial charge on any atom is 0.408 e. The topological polar surface area (TPSA) is 109 Å². The van der Waals surface area contributed by atoms with Gasteiger partial charge in [0, 0.05) is 18.9 Å². The standard InChI is InChI=1S/C27H32F3N5O3/c1-16-7-6-10-19(13-16)34(2)25(37)22-20(14-17-11-12-32-21(31)15-17)24(36)35(22)26(38)33-23(27(28,29)30)18-8-4-3-5-9-18/h6-7,10-13,15,18,20,22-23H,3-5,8-9,14H2,1-2H3,(H2,31,32)(H,33,38)/t20-,22+,23+/m1/s1. The van der Waals surface area contributed by atoms with E-state index in [0.717, 1.165) is 12.0 Å². The molecule has 2 fully saturated rings. The summed E-state index contributed by atoms with van der Waals surface area (Å²) in [7, 11) is 1.51. The van der Waals surface area contributed by atoms with Gasteiger partial charge in [0.15, 0.2) is 0 Å². The lowest BCUT2D eigenvalue weighted by atomic mass is 9.81. The summed E-state index contributed by atoms with van der Waals surface area (Å²) in [5.74, 6) is -2.77. The first-order valence-corrected chi connectivity index (χ1v) is 12.7. The van der Waals surface area contributed by atoms with Crippen LogP contribution in [0.15, 0.2) is 42.6 Å². The first-order valence-electron chi connectivity index (χ1n) is 12.7. The quantitative estimate of drug-likeness (QED) is 0.543. The van der Waals surface area contributed by atoms with Crippen LogP contribution in [0.1, 0.15) is 43.2 Å². The molecular weight excluding hydrogens is 499 g/mol. The van der Waals surface area contributed by atoms with Gasteiger partial charge in [-0.3, -0.25) is 14.5 Å². The van der Waals surface area contributed by atoms with Crippen LogP contribution in [0.5, 0.6) is 0 Å². The van der Waals surface area contributed by atoms with E-state index in [1.165, 1.54) is 18.1 Å². The van der Waals surface area contributed by atoms with Gasteiger partial charge >= 0.3 is 12.2 Å². The smallest absolute Gasteiger partial charge is 0.384 e. The Balaban J connectivity index is 1.61. The van der Waals surface area contributed by atoms with E-state index < -0.39 is 47.9 Å². The normalized spacial score (nSPS) is 21.0. The molecule has 0 radical (unpaired) electrons. The highest BCUT2D eigenvalue weighted by Gasteiger charge is 2.56. The predicted octanol–water partition coefficient (Wildman–Crippen LogP) is 4.23. The number of alkyl halides is 3. The van der Waals surface area contributed by atoms with E-state index in [2.05, 4.69) is 10.3 Å². The van der Waals surface area contributed by atoms with E-state index in [9.17, 15) is 27.6 Å². The number of amides is 4. The molecule has 0 unspecified atom stereocenters. The third-order valence-corrected chi connectivity index (χ3v) is 7.46. The number of urea groups is 1. The van der Waals surface area contributed by atoms with Crippen LogP contribution in [0, 0.1) is 18.8 Å². The number of likely N-dealkylation sites (N-methyl/N-ethyl adjacent to an activating group) is 1. The second-order valence-electron chi connectivity index (χ2n) is 10.2. The number of carbonyl (C=O) groups excluding carboxylic acids is 3. The number of rotatable bonds is 6. The molecule has 1 aliphatic carbocycles. The summed E-state index contributed by atoms with van der Waals surface area (Å²) in [6.07, 6.45) is -0.318. The van der Waals surface area contributed by atoms with Crippen molar-refractivity contribution in [3.8, 4) is 0 Å². The van der Waals surface area contributed by atoms with Crippen molar-refractivity contribution in [1.82, 2.24) is 15.2 Å². The number of likely N-dealkylation sites (tertiary alicyclic amines) is 1. The molecule has 1 aromatic carbocycles. The first-order chi connectivity index (χ1) is 18.0. The van der Waals surface area contributed by atoms with Crippen LogP contribution in [-0.2, 0) is 16.0 Å². The number of anilines is 2. The first kappa shape index (κ1) is 27.4. The van der Waals surface area contributed by atoms with Gasteiger partial charge in [-0.05, 0) is 67.5 Å². The van der Waals surface area contributed by atoms with Crippen molar-refractivity contribution < 1.29 is 27.6 Å². The van der Waals surface area contributed by atoms with E-state index in [0.29, 0.717) is 41.8 Å². The molecular formula is C27H32F3N5O3. The molecule has 0 bridgehead atoms. The number of aromatic nitrogens is 1. The molecule has 38 heavy (non-hydrogen) atoms. The van der Waals surface area contributed by atoms with Gasteiger partial charge in [-0.1, -0.05) is 31.4 Å². The fraction of sp³-hybridized carbons (Fsp3) is 0.481. The van der Waals surface area contributed by atoms with E-state index in [-0.39, 0.29) is 12.2 Å². The molecule has 1 saturated heterocycles. The molecule has 2 aliphatic rings. The maximum atomic E-state index is 14.0. The minimum atomic E-state index is -4.68. The number of hydrogen-bond donors (Lipinski definition) is 2. The zero-order valence-corrected chi connectivity index (χ0v) is 21.4. The number of nitrogens with two attached hydrogens (primary N) is 1. The predicted molar refractivity (Wildman–Crippen MR) is 136 cm³/mol. The van der Waals surface area contributed by atoms with E-state index in [1.807, 2.05) is 13.0 Å². The summed E-state index contributed by atoms with van der Waals surface area (Å²) < 4.78 is 41.9. The van der Waals surface area contributed by atoms with Gasteiger partial charge in [0.25, 0.3) is 5.91 Å². The molecule has 3 atom stereocenters. The largest absolute Gasteiger partial charge is 0.408 e. The molecule has 1 aliphatic heterocycles. The van der Waals surface area contributed by atoms with Crippen LogP contribution in [0.2, 0.25) is 0 Å². The number of halogens is 3. The molecule has 4 rings (SSSR count). The number of aryl methyl sites for hydroxylation is 1. The molecule has 204 valence electrons. The number of hydrogen-bond acceptors (Lipinski definition) is 5. The van der Waals surface area contributed by atoms with Gasteiger partial charge in [0.1, 0.15) is 17.9 Å². The zero-order chi connectivity index (χ0) is 27.6. The van der Waals surface area contributed by atoms with Crippen LogP contribution in [0.25, 0.3) is 0 Å². The van der Waals surface area contributed by atoms with Gasteiger partial charge in [-0.15, -0.1) is 0 Å². The summed E-state index contributed by atoms with van der Waals surface area (Å²) in [4.78, 5) is 45.9. The second-order valence-corrected chi connectivity index (χ2v) is 10.2. The van der Waals surface area contributed by atoms with Crippen molar-refractivity contribution in [2.24, 2.45) is 11.8 Å². The van der Waals surface area contributed by atoms with Crippen LogP contribution in [0.3, 0.4) is 0 Å². The van der Waals surface area contributed by atoms with Crippen LogP contribution < -0.4 is 16.0 Å². The third kappa shape index (κ3) is 5.76. The van der Waals surface area contributed by atoms with E-state index in [4.69, 9.17) is 5.73 Å². The second kappa shape index (κ2) is 11.0. The van der Waals surface area contributed by atoms with E-state index >= 15 is 0 Å². The van der Waals surface area contributed by atoms with Crippen LogP contribution in [0.4, 0.5) is 29.5 Å². The van der Waals surface area contributed by atoms with Crippen molar-refractivity contribution in [2.45, 2.75) is 63.7 Å². The summed E-state index contributed by atoms with van der Waals surface area (Å²) in [6.45, 7) is 1.85. The fourth-order valence-corrected chi connectivity index (χ4v) is 5.43. The van der Waals surface area contributed by atoms with Gasteiger partial charge < -0.3 is 16.0 Å². The molecule has 8 nitrogen and oxygen atoms in total. The maximum absolute atomic E-state index is 14.0. The molecule has 11 heteroatoms. The molecule has 1 saturated carbocycles. The summed E-state index contributed by atoms with van der Waals surface area (Å²) >= 11 is 0. The zero-order valence-electron chi connectivity index (χ0n) is 21.4. The molecule has 1 aromatic heterocycles. The van der Waals surface area contributed by atoms with Crippen molar-refractivity contribution in [3.63, 3.8) is 0 Å². The highest BCUT2D eigenvalue weighted by atomic mass is 19.4. The Morgan fingerprint density at radius 2 is 1.89 bits per heavy atom. The molecule has 4 amide bonds. The molecule has 3 N–H and O–H groups in total. The van der Waals surface area contributed by atoms with Gasteiger partial charge in [-0.25, -0.2) is 9.78 Å². The van der Waals surface area contributed by atoms with E-state index in [1.54, 1.807) is 30.3 Å². The average Bonchev–Trinajstić information content (AvgIpc) is 2.87. The van der Waals surface area contributed by atoms with Gasteiger partial charge in [0.05, 0.1) is 5.92 Å². The lowest BCUT2D eigenvalue weighted by Gasteiger charge is -2.46. The summed E-state index contributed by atoms with van der Waals surface area (Å²) in [5, 5.41) is 2.07. The van der Waals surface area contributed by atoms with Crippen LogP contribution in [-0.4, -0.2) is 53.0 Å². The lowest BCUT2D eigenvalue weighted by Crippen LogP contribution is -2.71. The average molecular weight is 532 g/mol. The number of nitrogens with one attached hydrogen (secondary N) is 1. The highest BCUT2D eigenvalue weighted by molar-refractivity contribution is 6.12. The number of nitrogens with zero attached hydrogens (tertiary/aromatic N) is 3. The lowest BCUT2D eigenvalue weighted by molar-refractivity contribution is -0.170. The van der Waals surface area contributed by atoms with Crippen molar-refractivity contribution in [1.29, 1.82) is 0 Å². The number of carbonyl (C=O) groups is 3. The Hall–Kier alpha value is -3.63. The number of β-lactam (4-membered cyclic amide) rings is 1. The highest BCUT2D eigenvalue weighted by Crippen LogP contribution is 2.37. The van der Waals surface area contributed by atoms with Crippen molar-refractivity contribution >= 4 is 29.4 Å². The summed E-state index contributed by atoms with van der Waals surface area (Å²) in [5.41, 5.74) is 7.81. The molecule has 2 aromatic rings. The number of benzene rings is 1. The Kier molecular flexibility index (Phi) is 7.94. The monoisotopic (exact) mass is 531 g/mol. The SMILES string of the molecule is Cc1cccc(N(C)C(=O)[C@@H]2[C@@H](Cc3ccnc(N)c3)C(=O)N2C(=O)N[C@@H](C2CCCCC2)C(F)(F)F)c1. The number of nitrogen functional groups attached to an aromatic ring is 1. The Bertz CT molecular complexity index is 1200. The number of pyridine rings is 1. The van der Waals surface area contributed by atoms with Gasteiger partial charge in [0.2, 0.25) is 5.91 Å². The Labute approximate surface area is 219 Å². The summed E-state index contributed by atoms with van der Waals surface area (Å²) in [6, 6.07) is 5.72.